The second-order valence-electron chi connectivity index (χ2n) is 6.29. The SMILES string of the molecule is O=C(NC(CCC(=O)N1CC(F)(F)C(F)(F)C1)C(=O)O)OCc1ccccc1. The standard InChI is InChI=1S/C17H18F4N2O5/c18-16(19)9-23(10-17(16,20)21)13(24)7-6-12(14(25)26)22-15(27)28-8-11-4-2-1-3-5-11/h1-5,12H,6-10H2,(H,22,27)(H,25,26). The first-order valence-corrected chi connectivity index (χ1v) is 8.25. The summed E-state index contributed by atoms with van der Waals surface area (Å²) in [5, 5.41) is 11.2. The van der Waals surface area contributed by atoms with Crippen LogP contribution in [0.1, 0.15) is 18.4 Å². The van der Waals surface area contributed by atoms with Crippen LogP contribution in [0.4, 0.5) is 22.4 Å². The average Bonchev–Trinajstić information content (AvgIpc) is 2.84. The second kappa shape index (κ2) is 8.44. The highest BCUT2D eigenvalue weighted by Crippen LogP contribution is 2.41. The van der Waals surface area contributed by atoms with Crippen LogP contribution in [0.3, 0.4) is 0 Å². The van der Waals surface area contributed by atoms with Gasteiger partial charge < -0.3 is 20.1 Å². The van der Waals surface area contributed by atoms with Gasteiger partial charge in [-0.25, -0.2) is 9.59 Å². The van der Waals surface area contributed by atoms with Crippen molar-refractivity contribution in [3.63, 3.8) is 0 Å². The number of carboxylic acid groups (broad SMARTS) is 1. The van der Waals surface area contributed by atoms with Crippen molar-refractivity contribution in [2.24, 2.45) is 0 Å². The van der Waals surface area contributed by atoms with Crippen LogP contribution in [-0.2, 0) is 20.9 Å². The third-order valence-corrected chi connectivity index (χ3v) is 4.12. The van der Waals surface area contributed by atoms with Gasteiger partial charge in [-0.2, -0.15) is 17.6 Å². The maximum Gasteiger partial charge on any atom is 0.408 e. The lowest BCUT2D eigenvalue weighted by atomic mass is 10.1. The predicted molar refractivity (Wildman–Crippen MR) is 86.9 cm³/mol. The van der Waals surface area contributed by atoms with Gasteiger partial charge in [0.05, 0.1) is 13.1 Å². The molecular formula is C17H18F4N2O5. The molecule has 1 unspecified atom stereocenters. The van der Waals surface area contributed by atoms with E-state index in [9.17, 15) is 31.9 Å². The van der Waals surface area contributed by atoms with E-state index in [1.54, 1.807) is 30.3 Å². The Balaban J connectivity index is 1.83. The number of aliphatic carboxylic acids is 1. The minimum Gasteiger partial charge on any atom is -0.480 e. The summed E-state index contributed by atoms with van der Waals surface area (Å²) in [4.78, 5) is 35.1. The number of likely N-dealkylation sites (tertiary alicyclic amines) is 1. The Kier molecular flexibility index (Phi) is 6.47. The Labute approximate surface area is 157 Å². The molecule has 7 nitrogen and oxygen atoms in total. The Morgan fingerprint density at radius 1 is 1.11 bits per heavy atom. The molecule has 1 aliphatic heterocycles. The first-order valence-electron chi connectivity index (χ1n) is 8.25. The molecule has 2 amide bonds. The van der Waals surface area contributed by atoms with Crippen LogP contribution in [-0.4, -0.2) is 59.0 Å². The zero-order valence-electron chi connectivity index (χ0n) is 14.5. The van der Waals surface area contributed by atoms with Gasteiger partial charge in [0.25, 0.3) is 0 Å². The quantitative estimate of drug-likeness (QED) is 0.678. The first-order chi connectivity index (χ1) is 13.0. The number of ether oxygens (including phenoxy) is 1. The third kappa shape index (κ3) is 5.33. The highest BCUT2D eigenvalue weighted by Gasteiger charge is 2.63. The number of nitrogens with zero attached hydrogens (tertiary/aromatic N) is 1. The molecule has 1 saturated heterocycles. The van der Waals surface area contributed by atoms with E-state index in [1.807, 2.05) is 5.32 Å². The molecule has 11 heteroatoms. The van der Waals surface area contributed by atoms with E-state index < -0.39 is 61.8 Å². The van der Waals surface area contributed by atoms with E-state index in [-0.39, 0.29) is 11.5 Å². The Morgan fingerprint density at radius 2 is 1.68 bits per heavy atom. The summed E-state index contributed by atoms with van der Waals surface area (Å²) in [7, 11) is 0. The zero-order valence-corrected chi connectivity index (χ0v) is 14.5. The smallest absolute Gasteiger partial charge is 0.408 e. The molecule has 1 aliphatic rings. The normalized spacial score (nSPS) is 18.4. The van der Waals surface area contributed by atoms with Crippen LogP contribution in [0, 0.1) is 0 Å². The van der Waals surface area contributed by atoms with Crippen molar-refractivity contribution in [3.05, 3.63) is 35.9 Å². The largest absolute Gasteiger partial charge is 0.480 e. The molecule has 0 aliphatic carbocycles. The fourth-order valence-electron chi connectivity index (χ4n) is 2.53. The van der Waals surface area contributed by atoms with Gasteiger partial charge >= 0.3 is 23.9 Å². The van der Waals surface area contributed by atoms with Gasteiger partial charge in [0.2, 0.25) is 5.91 Å². The van der Waals surface area contributed by atoms with Gasteiger partial charge in [-0.05, 0) is 12.0 Å². The van der Waals surface area contributed by atoms with Crippen molar-refractivity contribution in [2.75, 3.05) is 13.1 Å². The summed E-state index contributed by atoms with van der Waals surface area (Å²) in [6.07, 6.45) is -2.13. The number of halogens is 4. The lowest BCUT2D eigenvalue weighted by Crippen LogP contribution is -2.42. The van der Waals surface area contributed by atoms with Crippen molar-refractivity contribution >= 4 is 18.0 Å². The number of hydrogen-bond acceptors (Lipinski definition) is 4. The molecular weight excluding hydrogens is 388 g/mol. The van der Waals surface area contributed by atoms with Gasteiger partial charge in [-0.3, -0.25) is 4.79 Å². The molecule has 1 heterocycles. The lowest BCUT2D eigenvalue weighted by Gasteiger charge is -2.18. The Morgan fingerprint density at radius 3 is 2.21 bits per heavy atom. The van der Waals surface area contributed by atoms with Gasteiger partial charge in [0, 0.05) is 6.42 Å². The molecule has 2 N–H and O–H groups in total. The summed E-state index contributed by atoms with van der Waals surface area (Å²) in [6.45, 7) is -3.00. The molecule has 0 spiro atoms. The fraction of sp³-hybridized carbons (Fsp3) is 0.471. The third-order valence-electron chi connectivity index (χ3n) is 4.12. The highest BCUT2D eigenvalue weighted by molar-refractivity contribution is 5.82. The number of carboxylic acids is 1. The minimum atomic E-state index is -4.34. The Bertz CT molecular complexity index is 714. The van der Waals surface area contributed by atoms with Crippen LogP contribution in [0.15, 0.2) is 30.3 Å². The maximum absolute atomic E-state index is 13.1. The maximum atomic E-state index is 13.1. The predicted octanol–water partition coefficient (Wildman–Crippen LogP) is 2.26. The van der Waals surface area contributed by atoms with Gasteiger partial charge in [-0.1, -0.05) is 30.3 Å². The molecule has 1 fully saturated rings. The van der Waals surface area contributed by atoms with Crippen LogP contribution in [0.25, 0.3) is 0 Å². The second-order valence-corrected chi connectivity index (χ2v) is 6.29. The van der Waals surface area contributed by atoms with E-state index in [0.29, 0.717) is 5.56 Å². The van der Waals surface area contributed by atoms with Crippen LogP contribution >= 0.6 is 0 Å². The summed E-state index contributed by atoms with van der Waals surface area (Å²) in [5.41, 5.74) is 0.663. The molecule has 1 atom stereocenters. The van der Waals surface area contributed by atoms with Gasteiger partial charge in [0.1, 0.15) is 12.6 Å². The topological polar surface area (TPSA) is 95.9 Å². The number of amides is 2. The molecule has 1 aromatic carbocycles. The van der Waals surface area contributed by atoms with E-state index in [2.05, 4.69) is 0 Å². The van der Waals surface area contributed by atoms with Crippen LogP contribution in [0.2, 0.25) is 0 Å². The summed E-state index contributed by atoms with van der Waals surface area (Å²) in [5.74, 6) is -11.2. The minimum absolute atomic E-state index is 0.115. The Hall–Kier alpha value is -2.85. The molecule has 2 rings (SSSR count). The first kappa shape index (κ1) is 21.5. The average molecular weight is 406 g/mol. The van der Waals surface area contributed by atoms with Crippen LogP contribution < -0.4 is 5.32 Å². The summed E-state index contributed by atoms with van der Waals surface area (Å²) >= 11 is 0. The molecule has 1 aromatic rings. The van der Waals surface area contributed by atoms with Gasteiger partial charge in [0.15, 0.2) is 0 Å². The van der Waals surface area contributed by atoms with Gasteiger partial charge in [-0.15, -0.1) is 0 Å². The highest BCUT2D eigenvalue weighted by atomic mass is 19.3. The summed E-state index contributed by atoms with van der Waals surface area (Å²) in [6, 6.07) is 7.01. The van der Waals surface area contributed by atoms with Crippen molar-refractivity contribution < 1.29 is 41.8 Å². The fourth-order valence-corrected chi connectivity index (χ4v) is 2.53. The number of nitrogens with one attached hydrogen (secondary N) is 1. The van der Waals surface area contributed by atoms with Crippen LogP contribution in [0.5, 0.6) is 0 Å². The lowest BCUT2D eigenvalue weighted by molar-refractivity contribution is -0.172. The molecule has 28 heavy (non-hydrogen) atoms. The number of carbonyl (C=O) groups excluding carboxylic acids is 2. The summed E-state index contributed by atoms with van der Waals surface area (Å²) < 4.78 is 57.4. The van der Waals surface area contributed by atoms with Crippen molar-refractivity contribution in [2.45, 2.75) is 37.3 Å². The van der Waals surface area contributed by atoms with Crippen molar-refractivity contribution in [1.82, 2.24) is 10.2 Å². The van der Waals surface area contributed by atoms with E-state index >= 15 is 0 Å². The van der Waals surface area contributed by atoms with Crippen molar-refractivity contribution in [3.8, 4) is 0 Å². The van der Waals surface area contributed by atoms with E-state index in [4.69, 9.17) is 9.84 Å². The van der Waals surface area contributed by atoms with Crippen molar-refractivity contribution in [1.29, 1.82) is 0 Å². The number of hydrogen-bond donors (Lipinski definition) is 2. The zero-order chi connectivity index (χ0) is 20.9. The monoisotopic (exact) mass is 406 g/mol. The molecule has 0 aromatic heterocycles. The molecule has 154 valence electrons. The number of alkyl halides is 4. The number of alkyl carbamates (subject to hydrolysis) is 1. The molecule has 0 saturated carbocycles. The molecule has 0 radical (unpaired) electrons. The number of carbonyl (C=O) groups is 3. The van der Waals surface area contributed by atoms with E-state index in [1.165, 1.54) is 0 Å². The number of rotatable bonds is 7. The molecule has 0 bridgehead atoms. The van der Waals surface area contributed by atoms with E-state index in [0.717, 1.165) is 0 Å². The number of benzene rings is 1.